The van der Waals surface area contributed by atoms with Gasteiger partial charge in [-0.25, -0.2) is 0 Å². The summed E-state index contributed by atoms with van der Waals surface area (Å²) in [6, 6.07) is 0. The molecule has 1 heterocycles. The standard InChI is InChI=1S/C9H20N2O3P/c1-8-5-11(4)6-9(14-8)7-13-15(12)10(2)3/h8-9H,5-7H2,1-4H3/q+1/t8-,9-/m0/s1. The summed E-state index contributed by atoms with van der Waals surface area (Å²) in [4.78, 5) is 2.20. The van der Waals surface area contributed by atoms with Crippen LogP contribution in [0.15, 0.2) is 0 Å². The summed E-state index contributed by atoms with van der Waals surface area (Å²) in [5.41, 5.74) is 0. The predicted octanol–water partition coefficient (Wildman–Crippen LogP) is 0.941. The molecule has 0 aromatic heterocycles. The summed E-state index contributed by atoms with van der Waals surface area (Å²) < 4.78 is 23.8. The SMILES string of the molecule is C[C@H]1CN(C)C[C@@H](CO[P+](=O)N(C)C)O1. The second-order valence-electron chi connectivity index (χ2n) is 4.17. The van der Waals surface area contributed by atoms with Crippen molar-refractivity contribution >= 4 is 8.18 Å². The van der Waals surface area contributed by atoms with E-state index in [0.29, 0.717) is 6.61 Å². The summed E-state index contributed by atoms with van der Waals surface area (Å²) in [5.74, 6) is 0. The van der Waals surface area contributed by atoms with Gasteiger partial charge in [-0.05, 0) is 18.5 Å². The minimum absolute atomic E-state index is 0.0256. The van der Waals surface area contributed by atoms with Crippen molar-refractivity contribution in [2.75, 3.05) is 40.8 Å². The topological polar surface area (TPSA) is 42.0 Å². The quantitative estimate of drug-likeness (QED) is 0.678. The smallest absolute Gasteiger partial charge is 0.370 e. The highest BCUT2D eigenvalue weighted by Crippen LogP contribution is 2.25. The van der Waals surface area contributed by atoms with E-state index in [0.717, 1.165) is 13.1 Å². The van der Waals surface area contributed by atoms with Crippen molar-refractivity contribution in [1.82, 2.24) is 9.57 Å². The minimum atomic E-state index is -1.71. The van der Waals surface area contributed by atoms with E-state index in [-0.39, 0.29) is 12.2 Å². The number of hydrogen-bond acceptors (Lipinski definition) is 4. The molecule has 88 valence electrons. The van der Waals surface area contributed by atoms with E-state index >= 15 is 0 Å². The molecule has 6 heteroatoms. The Hall–Kier alpha value is -0.0600. The van der Waals surface area contributed by atoms with Gasteiger partial charge < -0.3 is 9.64 Å². The number of nitrogens with zero attached hydrogens (tertiary/aromatic N) is 2. The van der Waals surface area contributed by atoms with Crippen molar-refractivity contribution in [2.45, 2.75) is 19.1 Å². The van der Waals surface area contributed by atoms with E-state index in [9.17, 15) is 4.57 Å². The number of likely N-dealkylation sites (N-methyl/N-ethyl adjacent to an activating group) is 1. The van der Waals surface area contributed by atoms with Crippen molar-refractivity contribution < 1.29 is 13.8 Å². The molecule has 0 amide bonds. The lowest BCUT2D eigenvalue weighted by atomic mass is 10.2. The maximum atomic E-state index is 11.3. The second-order valence-corrected chi connectivity index (χ2v) is 5.70. The van der Waals surface area contributed by atoms with Gasteiger partial charge in [-0.3, -0.25) is 0 Å². The molecular weight excluding hydrogens is 215 g/mol. The first-order valence-electron chi connectivity index (χ1n) is 5.10. The fourth-order valence-electron chi connectivity index (χ4n) is 1.63. The van der Waals surface area contributed by atoms with Crippen LogP contribution in [0.3, 0.4) is 0 Å². The van der Waals surface area contributed by atoms with Crippen LogP contribution in [0.2, 0.25) is 0 Å². The number of rotatable bonds is 4. The lowest BCUT2D eigenvalue weighted by Crippen LogP contribution is -2.46. The van der Waals surface area contributed by atoms with Crippen molar-refractivity contribution in [3.8, 4) is 0 Å². The Bertz CT molecular complexity index is 215. The first-order chi connectivity index (χ1) is 6.99. The summed E-state index contributed by atoms with van der Waals surface area (Å²) in [6.07, 6.45) is 0.243. The molecule has 0 spiro atoms. The zero-order valence-corrected chi connectivity index (χ0v) is 10.7. The third-order valence-corrected chi connectivity index (χ3v) is 3.23. The van der Waals surface area contributed by atoms with E-state index in [1.54, 1.807) is 18.8 Å². The molecule has 5 nitrogen and oxygen atoms in total. The van der Waals surface area contributed by atoms with Crippen LogP contribution >= 0.6 is 8.18 Å². The van der Waals surface area contributed by atoms with Crippen molar-refractivity contribution in [3.63, 3.8) is 0 Å². The molecule has 1 fully saturated rings. The van der Waals surface area contributed by atoms with Crippen LogP contribution in [-0.4, -0.2) is 62.6 Å². The molecule has 1 aliphatic rings. The summed E-state index contributed by atoms with van der Waals surface area (Å²) in [6.45, 7) is 4.20. The predicted molar refractivity (Wildman–Crippen MR) is 59.1 cm³/mol. The summed E-state index contributed by atoms with van der Waals surface area (Å²) in [5, 5.41) is 0. The summed E-state index contributed by atoms with van der Waals surface area (Å²) >= 11 is 0. The highest BCUT2D eigenvalue weighted by atomic mass is 31.1. The van der Waals surface area contributed by atoms with Gasteiger partial charge in [0.05, 0.1) is 12.2 Å². The zero-order valence-electron chi connectivity index (χ0n) is 9.84. The van der Waals surface area contributed by atoms with Gasteiger partial charge in [0.1, 0.15) is 6.61 Å². The highest BCUT2D eigenvalue weighted by Gasteiger charge is 2.28. The van der Waals surface area contributed by atoms with Crippen LogP contribution in [-0.2, 0) is 13.8 Å². The van der Waals surface area contributed by atoms with Gasteiger partial charge in [-0.2, -0.15) is 0 Å². The molecule has 0 radical (unpaired) electrons. The molecule has 0 aliphatic carbocycles. The van der Waals surface area contributed by atoms with Crippen LogP contribution in [0.5, 0.6) is 0 Å². The third-order valence-electron chi connectivity index (χ3n) is 2.21. The maximum absolute atomic E-state index is 11.3. The van der Waals surface area contributed by atoms with Crippen LogP contribution in [0.25, 0.3) is 0 Å². The van der Waals surface area contributed by atoms with Crippen molar-refractivity contribution in [3.05, 3.63) is 0 Å². The normalized spacial score (nSPS) is 29.5. The van der Waals surface area contributed by atoms with Gasteiger partial charge in [-0.15, -0.1) is 4.52 Å². The molecule has 0 aromatic rings. The lowest BCUT2D eigenvalue weighted by Gasteiger charge is -2.33. The molecule has 1 aliphatic heterocycles. The third kappa shape index (κ3) is 4.53. The summed E-state index contributed by atoms with van der Waals surface area (Å²) in [7, 11) is 3.81. The van der Waals surface area contributed by atoms with Gasteiger partial charge in [0, 0.05) is 27.2 Å². The van der Waals surface area contributed by atoms with Crippen molar-refractivity contribution in [1.29, 1.82) is 0 Å². The average molecular weight is 235 g/mol. The average Bonchev–Trinajstić information content (AvgIpc) is 2.12. The van der Waals surface area contributed by atoms with Gasteiger partial charge in [-0.1, -0.05) is 4.67 Å². The van der Waals surface area contributed by atoms with Crippen molar-refractivity contribution in [2.24, 2.45) is 0 Å². The van der Waals surface area contributed by atoms with E-state index in [2.05, 4.69) is 11.9 Å². The molecule has 1 rings (SSSR count). The van der Waals surface area contributed by atoms with Gasteiger partial charge >= 0.3 is 8.18 Å². The molecule has 1 unspecified atom stereocenters. The number of ether oxygens (including phenoxy) is 1. The highest BCUT2D eigenvalue weighted by molar-refractivity contribution is 7.36. The van der Waals surface area contributed by atoms with Gasteiger partial charge in [0.2, 0.25) is 0 Å². The Labute approximate surface area is 92.2 Å². The second kappa shape index (κ2) is 5.87. The minimum Gasteiger partial charge on any atom is -0.370 e. The molecule has 0 saturated carbocycles. The fraction of sp³-hybridized carbons (Fsp3) is 1.00. The number of morpholine rings is 1. The largest absolute Gasteiger partial charge is 0.615 e. The van der Waals surface area contributed by atoms with E-state index < -0.39 is 8.18 Å². The number of hydrogen-bond donors (Lipinski definition) is 0. The molecule has 3 atom stereocenters. The maximum Gasteiger partial charge on any atom is 0.615 e. The Balaban J connectivity index is 2.29. The Morgan fingerprint density at radius 1 is 1.53 bits per heavy atom. The van der Waals surface area contributed by atoms with Gasteiger partial charge in [0.15, 0.2) is 0 Å². The molecule has 0 aromatic carbocycles. The molecular formula is C9H20N2O3P+. The van der Waals surface area contributed by atoms with E-state index in [1.165, 1.54) is 0 Å². The first kappa shape index (κ1) is 13.0. The molecule has 15 heavy (non-hydrogen) atoms. The fourth-order valence-corrected chi connectivity index (χ4v) is 2.15. The van der Waals surface area contributed by atoms with E-state index in [4.69, 9.17) is 9.26 Å². The van der Waals surface area contributed by atoms with Crippen LogP contribution in [0.4, 0.5) is 0 Å². The van der Waals surface area contributed by atoms with Crippen LogP contribution < -0.4 is 0 Å². The lowest BCUT2D eigenvalue weighted by molar-refractivity contribution is -0.0845. The van der Waals surface area contributed by atoms with Crippen LogP contribution in [0, 0.1) is 0 Å². The van der Waals surface area contributed by atoms with Gasteiger partial charge in [0.25, 0.3) is 0 Å². The Morgan fingerprint density at radius 3 is 2.73 bits per heavy atom. The van der Waals surface area contributed by atoms with Crippen LogP contribution in [0.1, 0.15) is 6.92 Å². The monoisotopic (exact) mass is 235 g/mol. The Morgan fingerprint density at radius 2 is 2.20 bits per heavy atom. The molecule has 1 saturated heterocycles. The first-order valence-corrected chi connectivity index (χ1v) is 6.23. The molecule has 0 bridgehead atoms. The van der Waals surface area contributed by atoms with E-state index in [1.807, 2.05) is 6.92 Å². The molecule has 0 N–H and O–H groups in total. The Kier molecular flexibility index (Phi) is 5.09. The zero-order chi connectivity index (χ0) is 11.4.